The highest BCUT2D eigenvalue weighted by Gasteiger charge is 2.33. The van der Waals surface area contributed by atoms with Crippen molar-refractivity contribution in [3.05, 3.63) is 23.7 Å². The fraction of sp³-hybridized carbons (Fsp3) is 0.583. The topological polar surface area (TPSA) is 49.6 Å². The van der Waals surface area contributed by atoms with Crippen molar-refractivity contribution in [2.75, 3.05) is 0 Å². The monoisotopic (exact) mass is 347 g/mol. The molecule has 2 unspecified atom stereocenters. The lowest BCUT2D eigenvalue weighted by Crippen LogP contribution is -2.28. The molecule has 1 aromatic heterocycles. The average Bonchev–Trinajstić information content (AvgIpc) is 2.89. The van der Waals surface area contributed by atoms with Crippen LogP contribution in [0.3, 0.4) is 0 Å². The Labute approximate surface area is 118 Å². The second kappa shape index (κ2) is 5.29. The van der Waals surface area contributed by atoms with E-state index in [1.54, 1.807) is 6.26 Å². The predicted molar refractivity (Wildman–Crippen MR) is 77.7 cm³/mol. The minimum atomic E-state index is 0. The fourth-order valence-corrected chi connectivity index (χ4v) is 2.51. The molecular weight excluding hydrogens is 329 g/mol. The Balaban J connectivity index is 0.00000108. The number of fused-ring (bicyclic) bond motifs is 1. The van der Waals surface area contributed by atoms with E-state index in [0.717, 1.165) is 11.7 Å². The SMILES string of the molecule is Cc1ccoc1CN=C1NC2CCCC2N1.I. The molecule has 2 aliphatic rings. The summed E-state index contributed by atoms with van der Waals surface area (Å²) in [6.45, 7) is 2.66. The molecule has 2 atom stereocenters. The van der Waals surface area contributed by atoms with Crippen LogP contribution < -0.4 is 10.6 Å². The first-order valence-corrected chi connectivity index (χ1v) is 5.93. The van der Waals surface area contributed by atoms with Gasteiger partial charge >= 0.3 is 0 Å². The maximum absolute atomic E-state index is 5.36. The Morgan fingerprint density at radius 2 is 2.06 bits per heavy atom. The Bertz CT molecular complexity index is 402. The number of halogens is 1. The van der Waals surface area contributed by atoms with E-state index < -0.39 is 0 Å². The molecule has 5 heteroatoms. The largest absolute Gasteiger partial charge is 0.467 e. The Hall–Kier alpha value is -0.720. The van der Waals surface area contributed by atoms with Crippen molar-refractivity contribution in [1.82, 2.24) is 10.6 Å². The highest BCUT2D eigenvalue weighted by molar-refractivity contribution is 14.0. The Morgan fingerprint density at radius 1 is 1.35 bits per heavy atom. The smallest absolute Gasteiger partial charge is 0.192 e. The molecule has 1 aromatic rings. The summed E-state index contributed by atoms with van der Waals surface area (Å²) in [5.41, 5.74) is 1.17. The van der Waals surface area contributed by atoms with E-state index in [4.69, 9.17) is 4.42 Å². The zero-order chi connectivity index (χ0) is 11.0. The van der Waals surface area contributed by atoms with Gasteiger partial charge in [-0.05, 0) is 37.8 Å². The van der Waals surface area contributed by atoms with Gasteiger partial charge in [0.1, 0.15) is 12.3 Å². The molecule has 0 amide bonds. The van der Waals surface area contributed by atoms with E-state index in [9.17, 15) is 0 Å². The van der Waals surface area contributed by atoms with E-state index in [-0.39, 0.29) is 24.0 Å². The van der Waals surface area contributed by atoms with Gasteiger partial charge in [-0.2, -0.15) is 0 Å². The highest BCUT2D eigenvalue weighted by atomic mass is 127. The summed E-state index contributed by atoms with van der Waals surface area (Å²) < 4.78 is 5.36. The van der Waals surface area contributed by atoms with Gasteiger partial charge < -0.3 is 15.1 Å². The molecule has 1 aliphatic carbocycles. The molecule has 2 heterocycles. The first kappa shape index (κ1) is 12.7. The summed E-state index contributed by atoms with van der Waals surface area (Å²) in [6.07, 6.45) is 5.56. The summed E-state index contributed by atoms with van der Waals surface area (Å²) in [6, 6.07) is 3.16. The van der Waals surface area contributed by atoms with E-state index in [1.165, 1.54) is 24.8 Å². The van der Waals surface area contributed by atoms with Crippen LogP contribution in [0.1, 0.15) is 30.6 Å². The molecule has 0 aromatic carbocycles. The van der Waals surface area contributed by atoms with E-state index in [2.05, 4.69) is 15.6 Å². The van der Waals surface area contributed by atoms with Crippen LogP contribution in [0.25, 0.3) is 0 Å². The van der Waals surface area contributed by atoms with Crippen LogP contribution in [-0.2, 0) is 6.54 Å². The second-order valence-electron chi connectivity index (χ2n) is 4.62. The first-order valence-electron chi connectivity index (χ1n) is 5.93. The number of hydrogen-bond donors (Lipinski definition) is 2. The summed E-state index contributed by atoms with van der Waals surface area (Å²) in [5.74, 6) is 1.89. The van der Waals surface area contributed by atoms with Crippen LogP contribution in [0.4, 0.5) is 0 Å². The number of rotatable bonds is 2. The van der Waals surface area contributed by atoms with Gasteiger partial charge in [0.2, 0.25) is 0 Å². The highest BCUT2D eigenvalue weighted by Crippen LogP contribution is 2.22. The molecule has 0 radical (unpaired) electrons. The first-order chi connectivity index (χ1) is 7.83. The lowest BCUT2D eigenvalue weighted by Gasteiger charge is -2.04. The molecule has 17 heavy (non-hydrogen) atoms. The summed E-state index contributed by atoms with van der Waals surface area (Å²) in [7, 11) is 0. The molecule has 2 fully saturated rings. The third kappa shape index (κ3) is 2.59. The van der Waals surface area contributed by atoms with Crippen molar-refractivity contribution >= 4 is 29.9 Å². The van der Waals surface area contributed by atoms with Crippen LogP contribution in [0, 0.1) is 6.92 Å². The lowest BCUT2D eigenvalue weighted by atomic mass is 10.2. The van der Waals surface area contributed by atoms with Gasteiger partial charge in [-0.15, -0.1) is 24.0 Å². The lowest BCUT2D eigenvalue weighted by molar-refractivity contribution is 0.509. The molecule has 1 saturated carbocycles. The third-order valence-electron chi connectivity index (χ3n) is 3.51. The zero-order valence-corrected chi connectivity index (χ0v) is 12.2. The van der Waals surface area contributed by atoms with Gasteiger partial charge in [-0.1, -0.05) is 0 Å². The van der Waals surface area contributed by atoms with Gasteiger partial charge in [0.05, 0.1) is 6.26 Å². The number of nitrogens with zero attached hydrogens (tertiary/aromatic N) is 1. The maximum Gasteiger partial charge on any atom is 0.192 e. The number of furan rings is 1. The van der Waals surface area contributed by atoms with Crippen molar-refractivity contribution in [2.24, 2.45) is 4.99 Å². The number of aryl methyl sites for hydroxylation is 1. The van der Waals surface area contributed by atoms with Crippen LogP contribution >= 0.6 is 24.0 Å². The van der Waals surface area contributed by atoms with Gasteiger partial charge in [0.25, 0.3) is 0 Å². The summed E-state index contributed by atoms with van der Waals surface area (Å²) >= 11 is 0. The van der Waals surface area contributed by atoms with Crippen LogP contribution in [-0.4, -0.2) is 18.0 Å². The summed E-state index contributed by atoms with van der Waals surface area (Å²) in [4.78, 5) is 4.51. The van der Waals surface area contributed by atoms with Crippen molar-refractivity contribution in [1.29, 1.82) is 0 Å². The van der Waals surface area contributed by atoms with E-state index in [0.29, 0.717) is 18.6 Å². The number of guanidine groups is 1. The van der Waals surface area contributed by atoms with Crippen LogP contribution in [0.15, 0.2) is 21.7 Å². The third-order valence-corrected chi connectivity index (χ3v) is 3.51. The summed E-state index contributed by atoms with van der Waals surface area (Å²) in [5, 5.41) is 6.86. The molecule has 3 rings (SSSR count). The van der Waals surface area contributed by atoms with Gasteiger partial charge in [-0.3, -0.25) is 0 Å². The van der Waals surface area contributed by atoms with Gasteiger partial charge in [0, 0.05) is 12.1 Å². The molecule has 1 saturated heterocycles. The number of nitrogens with one attached hydrogen (secondary N) is 2. The van der Waals surface area contributed by atoms with Crippen LogP contribution in [0.2, 0.25) is 0 Å². The minimum absolute atomic E-state index is 0. The quantitative estimate of drug-likeness (QED) is 0.807. The molecule has 0 spiro atoms. The maximum atomic E-state index is 5.36. The molecule has 0 bridgehead atoms. The number of hydrogen-bond acceptors (Lipinski definition) is 2. The Kier molecular flexibility index (Phi) is 3.96. The molecule has 94 valence electrons. The van der Waals surface area contributed by atoms with Crippen molar-refractivity contribution in [3.8, 4) is 0 Å². The van der Waals surface area contributed by atoms with Crippen molar-refractivity contribution in [3.63, 3.8) is 0 Å². The van der Waals surface area contributed by atoms with E-state index in [1.807, 2.05) is 13.0 Å². The normalized spacial score (nSPS) is 25.8. The second-order valence-corrected chi connectivity index (χ2v) is 4.62. The van der Waals surface area contributed by atoms with Gasteiger partial charge in [-0.25, -0.2) is 4.99 Å². The Morgan fingerprint density at radius 3 is 2.65 bits per heavy atom. The van der Waals surface area contributed by atoms with Crippen molar-refractivity contribution < 1.29 is 4.42 Å². The molecule has 2 N–H and O–H groups in total. The molecular formula is C12H18IN3O. The van der Waals surface area contributed by atoms with Crippen LogP contribution in [0.5, 0.6) is 0 Å². The van der Waals surface area contributed by atoms with Gasteiger partial charge in [0.15, 0.2) is 5.96 Å². The molecule has 4 nitrogen and oxygen atoms in total. The average molecular weight is 347 g/mol. The minimum Gasteiger partial charge on any atom is -0.467 e. The van der Waals surface area contributed by atoms with Crippen molar-refractivity contribution in [2.45, 2.75) is 44.8 Å². The number of aliphatic imine (C=N–C) groups is 1. The standard InChI is InChI=1S/C12H17N3O.HI/c1-8-5-6-16-11(8)7-13-12-14-9-3-2-4-10(9)15-12;/h5-6,9-10H,2-4,7H2,1H3,(H2,13,14,15);1H. The fourth-order valence-electron chi connectivity index (χ4n) is 2.51. The van der Waals surface area contributed by atoms with E-state index >= 15 is 0 Å². The zero-order valence-electron chi connectivity index (χ0n) is 9.90. The molecule has 1 aliphatic heterocycles. The predicted octanol–water partition coefficient (Wildman–Crippen LogP) is 2.18.